The number of para-hydroxylation sites is 1. The van der Waals surface area contributed by atoms with Gasteiger partial charge in [0, 0.05) is 25.6 Å². The van der Waals surface area contributed by atoms with Crippen molar-refractivity contribution in [2.75, 3.05) is 11.4 Å². The highest BCUT2D eigenvalue weighted by Gasteiger charge is 2.40. The van der Waals surface area contributed by atoms with E-state index in [0.717, 1.165) is 12.0 Å². The van der Waals surface area contributed by atoms with Crippen molar-refractivity contribution >= 4 is 29.2 Å². The summed E-state index contributed by atoms with van der Waals surface area (Å²) in [5.74, 6) is -1.73. The van der Waals surface area contributed by atoms with E-state index < -0.39 is 24.2 Å². The van der Waals surface area contributed by atoms with Crippen LogP contribution in [0.1, 0.15) is 50.5 Å². The van der Waals surface area contributed by atoms with Crippen LogP contribution in [0.15, 0.2) is 72.4 Å². The van der Waals surface area contributed by atoms with Crippen molar-refractivity contribution in [3.05, 3.63) is 82.8 Å². The minimum absolute atomic E-state index is 0.0275. The van der Waals surface area contributed by atoms with Gasteiger partial charge in [0.1, 0.15) is 0 Å². The lowest BCUT2D eigenvalue weighted by atomic mass is 10.0. The number of amides is 2. The summed E-state index contributed by atoms with van der Waals surface area (Å²) in [4.78, 5) is 32.2. The Bertz CT molecular complexity index is 1100. The van der Waals surface area contributed by atoms with Gasteiger partial charge >= 0.3 is 12.2 Å². The fraction of sp³-hybridized carbons (Fsp3) is 0.393. The standard InChI is InChI=1S/C28H35N3O5S/c1-4-5-16-25(35-26(32)30-18-21(2)3)31(23-14-10-7-11-15-23)27(33)36-28(34,24-19-29-20-37-24)17-22-12-8-6-9-13-22/h6-15,19-21,25,34H,4-5,16-18H2,1-3H3,(H,30,32). The molecule has 1 aromatic heterocycles. The third-order valence-electron chi connectivity index (χ3n) is 5.58. The fourth-order valence-corrected chi connectivity index (χ4v) is 4.35. The maximum absolute atomic E-state index is 13.8. The van der Waals surface area contributed by atoms with Crippen LogP contribution >= 0.6 is 11.3 Å². The predicted octanol–water partition coefficient (Wildman–Crippen LogP) is 6.07. The first kappa shape index (κ1) is 28.1. The molecule has 3 aromatic rings. The van der Waals surface area contributed by atoms with Crippen LogP contribution in [0.2, 0.25) is 0 Å². The molecule has 37 heavy (non-hydrogen) atoms. The van der Waals surface area contributed by atoms with Crippen LogP contribution in [-0.2, 0) is 21.7 Å². The summed E-state index contributed by atoms with van der Waals surface area (Å²) in [6, 6.07) is 18.1. The van der Waals surface area contributed by atoms with E-state index in [9.17, 15) is 14.7 Å². The Hall–Kier alpha value is -3.43. The van der Waals surface area contributed by atoms with Gasteiger partial charge in [-0.25, -0.2) is 14.5 Å². The maximum atomic E-state index is 13.8. The summed E-state index contributed by atoms with van der Waals surface area (Å²) in [6.07, 6.45) is 1.06. The van der Waals surface area contributed by atoms with E-state index in [1.54, 1.807) is 29.8 Å². The third-order valence-corrected chi connectivity index (χ3v) is 6.49. The van der Waals surface area contributed by atoms with Crippen LogP contribution in [0.25, 0.3) is 0 Å². The Morgan fingerprint density at radius 1 is 1.11 bits per heavy atom. The lowest BCUT2D eigenvalue weighted by molar-refractivity contribution is -0.166. The van der Waals surface area contributed by atoms with Crippen molar-refractivity contribution in [1.29, 1.82) is 0 Å². The summed E-state index contributed by atoms with van der Waals surface area (Å²) in [7, 11) is 0. The number of nitrogens with one attached hydrogen (secondary N) is 1. The number of ether oxygens (including phenoxy) is 2. The van der Waals surface area contributed by atoms with Gasteiger partial charge in [0.15, 0.2) is 6.23 Å². The highest BCUT2D eigenvalue weighted by molar-refractivity contribution is 7.09. The number of hydrogen-bond acceptors (Lipinski definition) is 7. The summed E-state index contributed by atoms with van der Waals surface area (Å²) < 4.78 is 11.6. The van der Waals surface area contributed by atoms with Gasteiger partial charge in [0.05, 0.1) is 16.1 Å². The Labute approximate surface area is 222 Å². The van der Waals surface area contributed by atoms with Gasteiger partial charge in [0.2, 0.25) is 0 Å². The van der Waals surface area contributed by atoms with Crippen molar-refractivity contribution in [2.24, 2.45) is 5.92 Å². The second kappa shape index (κ2) is 13.8. The van der Waals surface area contributed by atoms with Crippen molar-refractivity contribution < 1.29 is 24.2 Å². The smallest absolute Gasteiger partial charge is 0.420 e. The van der Waals surface area contributed by atoms with Crippen LogP contribution in [0.4, 0.5) is 15.3 Å². The van der Waals surface area contributed by atoms with Gasteiger partial charge in [-0.15, -0.1) is 11.3 Å². The van der Waals surface area contributed by atoms with Gasteiger partial charge in [-0.05, 0) is 30.0 Å². The average molecular weight is 526 g/mol. The molecule has 0 bridgehead atoms. The van der Waals surface area contributed by atoms with E-state index in [0.29, 0.717) is 30.0 Å². The molecule has 198 valence electrons. The average Bonchev–Trinajstić information content (AvgIpc) is 3.43. The molecule has 3 rings (SSSR count). The van der Waals surface area contributed by atoms with Gasteiger partial charge < -0.3 is 19.9 Å². The Balaban J connectivity index is 1.94. The molecule has 1 heterocycles. The lowest BCUT2D eigenvalue weighted by Crippen LogP contribution is -2.48. The lowest BCUT2D eigenvalue weighted by Gasteiger charge is -2.34. The molecule has 0 aliphatic carbocycles. The number of hydrogen-bond donors (Lipinski definition) is 2. The molecule has 2 atom stereocenters. The number of unbranched alkanes of at least 4 members (excludes halogenated alkanes) is 1. The molecule has 0 aliphatic heterocycles. The van der Waals surface area contributed by atoms with Gasteiger partial charge in [-0.3, -0.25) is 4.98 Å². The summed E-state index contributed by atoms with van der Waals surface area (Å²) >= 11 is 1.19. The molecule has 2 aromatic carbocycles. The Morgan fingerprint density at radius 2 is 1.78 bits per heavy atom. The molecule has 2 amide bonds. The highest BCUT2D eigenvalue weighted by Crippen LogP contribution is 2.32. The minimum atomic E-state index is -1.97. The van der Waals surface area contributed by atoms with Crippen molar-refractivity contribution in [3.63, 3.8) is 0 Å². The zero-order valence-electron chi connectivity index (χ0n) is 21.5. The van der Waals surface area contributed by atoms with Gasteiger partial charge in [-0.1, -0.05) is 75.7 Å². The fourth-order valence-electron chi connectivity index (χ4n) is 3.70. The number of anilines is 1. The van der Waals surface area contributed by atoms with Gasteiger partial charge in [0.25, 0.3) is 5.79 Å². The number of alkyl carbamates (subject to hydrolysis) is 1. The quantitative estimate of drug-likeness (QED) is 0.278. The molecule has 9 heteroatoms. The zero-order chi connectivity index (χ0) is 26.7. The highest BCUT2D eigenvalue weighted by atomic mass is 32.1. The molecule has 2 unspecified atom stereocenters. The molecule has 0 radical (unpaired) electrons. The van der Waals surface area contributed by atoms with E-state index in [1.165, 1.54) is 22.4 Å². The maximum Gasteiger partial charge on any atom is 0.420 e. The summed E-state index contributed by atoms with van der Waals surface area (Å²) in [5.41, 5.74) is 2.83. The Morgan fingerprint density at radius 3 is 2.38 bits per heavy atom. The third kappa shape index (κ3) is 8.30. The second-order valence-electron chi connectivity index (χ2n) is 9.16. The SMILES string of the molecule is CCCCC(OC(=O)NCC(C)C)N(C(=O)OC(O)(Cc1ccccc1)c1cncs1)c1ccccc1. The number of aliphatic hydroxyl groups is 1. The van der Waals surface area contributed by atoms with Crippen LogP contribution in [0.3, 0.4) is 0 Å². The second-order valence-corrected chi connectivity index (χ2v) is 10.0. The van der Waals surface area contributed by atoms with Crippen molar-refractivity contribution in [3.8, 4) is 0 Å². The first-order valence-corrected chi connectivity index (χ1v) is 13.4. The monoisotopic (exact) mass is 525 g/mol. The largest absolute Gasteiger partial charge is 0.425 e. The van der Waals surface area contributed by atoms with Crippen LogP contribution in [-0.4, -0.2) is 35.0 Å². The van der Waals surface area contributed by atoms with Crippen LogP contribution < -0.4 is 10.2 Å². The van der Waals surface area contributed by atoms with Crippen LogP contribution in [0, 0.1) is 5.92 Å². The molecule has 8 nitrogen and oxygen atoms in total. The molecule has 0 spiro atoms. The molecule has 2 N–H and O–H groups in total. The minimum Gasteiger partial charge on any atom is -0.425 e. The molecule has 0 saturated carbocycles. The molecule has 0 aliphatic rings. The number of aromatic nitrogens is 1. The molecular weight excluding hydrogens is 490 g/mol. The summed E-state index contributed by atoms with van der Waals surface area (Å²) in [6.45, 7) is 6.42. The first-order chi connectivity index (χ1) is 17.8. The van der Waals surface area contributed by atoms with E-state index in [-0.39, 0.29) is 12.3 Å². The summed E-state index contributed by atoms with van der Waals surface area (Å²) in [5, 5.41) is 14.4. The topological polar surface area (TPSA) is 101 Å². The Kier molecular flexibility index (Phi) is 10.5. The van der Waals surface area contributed by atoms with Crippen LogP contribution in [0.5, 0.6) is 0 Å². The number of carbonyl (C=O) groups is 2. The molecule has 0 saturated heterocycles. The van der Waals surface area contributed by atoms with E-state index in [2.05, 4.69) is 10.3 Å². The number of thiazole rings is 1. The first-order valence-electron chi connectivity index (χ1n) is 12.5. The van der Waals surface area contributed by atoms with Crippen molar-refractivity contribution in [2.45, 2.75) is 58.5 Å². The predicted molar refractivity (Wildman–Crippen MR) is 144 cm³/mol. The van der Waals surface area contributed by atoms with E-state index >= 15 is 0 Å². The normalized spacial score (nSPS) is 13.4. The number of rotatable bonds is 12. The number of nitrogens with zero attached hydrogens (tertiary/aromatic N) is 2. The van der Waals surface area contributed by atoms with E-state index in [4.69, 9.17) is 9.47 Å². The van der Waals surface area contributed by atoms with Crippen molar-refractivity contribution in [1.82, 2.24) is 10.3 Å². The van der Waals surface area contributed by atoms with Gasteiger partial charge in [-0.2, -0.15) is 0 Å². The van der Waals surface area contributed by atoms with E-state index in [1.807, 2.05) is 57.2 Å². The number of benzene rings is 2. The zero-order valence-corrected chi connectivity index (χ0v) is 22.3. The molecule has 0 fully saturated rings. The molecular formula is C28H35N3O5S. The number of carbonyl (C=O) groups excluding carboxylic acids is 2.